The Kier molecular flexibility index (Phi) is 2.39. The summed E-state index contributed by atoms with van der Waals surface area (Å²) in [5, 5.41) is 7.53. The topological polar surface area (TPSA) is 32.9 Å². The largest absolute Gasteiger partial charge is 0.321 e. The van der Waals surface area contributed by atoms with Gasteiger partial charge in [-0.05, 0) is 33.7 Å². The third-order valence-corrected chi connectivity index (χ3v) is 4.60. The number of fused-ring (bicyclic) bond motifs is 7. The Balaban J connectivity index is 2.24. The number of benzene rings is 4. The molecule has 0 fully saturated rings. The first-order chi connectivity index (χ1) is 11.3. The summed E-state index contributed by atoms with van der Waals surface area (Å²) < 4.78 is 0. The Morgan fingerprint density at radius 1 is 0.565 bits per heavy atom. The van der Waals surface area contributed by atoms with Gasteiger partial charge in [-0.25, -0.2) is 0 Å². The van der Waals surface area contributed by atoms with E-state index >= 15 is 0 Å². The van der Waals surface area contributed by atoms with Crippen molar-refractivity contribution in [2.75, 3.05) is 0 Å². The average Bonchev–Trinajstić information content (AvgIpc) is 2.61. The first-order valence-electron chi connectivity index (χ1n) is 7.68. The third kappa shape index (κ3) is 1.66. The van der Waals surface area contributed by atoms with E-state index < -0.39 is 0 Å². The summed E-state index contributed by atoms with van der Waals surface area (Å²) in [6.07, 6.45) is 0. The molecule has 5 aromatic rings. The van der Waals surface area contributed by atoms with Gasteiger partial charge in [-0.1, -0.05) is 60.7 Å². The standard InChI is InChI=1S/C21H13NO/c23-21-17-11-9-13-5-1-3-7-15(13)19(17)20-16-8-4-2-6-14(16)10-12-18(20)22-21/h1-12H,(H,22,23). The summed E-state index contributed by atoms with van der Waals surface area (Å²) in [7, 11) is 0. The predicted molar refractivity (Wildman–Crippen MR) is 97.1 cm³/mol. The second kappa shape index (κ2) is 4.43. The number of H-pyrrole nitrogens is 1. The van der Waals surface area contributed by atoms with Gasteiger partial charge >= 0.3 is 0 Å². The Morgan fingerprint density at radius 2 is 1.17 bits per heavy atom. The molecule has 0 atom stereocenters. The molecule has 0 aliphatic carbocycles. The van der Waals surface area contributed by atoms with Crippen molar-refractivity contribution < 1.29 is 0 Å². The second-order valence-corrected chi connectivity index (χ2v) is 5.87. The summed E-state index contributed by atoms with van der Waals surface area (Å²) in [6, 6.07) is 24.6. The molecule has 1 aromatic heterocycles. The molecule has 0 saturated carbocycles. The SMILES string of the molecule is O=c1[nH]c2ccc3ccccc3c2c2c1ccc1ccccc12. The molecule has 23 heavy (non-hydrogen) atoms. The monoisotopic (exact) mass is 295 g/mol. The fourth-order valence-corrected chi connectivity index (χ4v) is 3.56. The van der Waals surface area contributed by atoms with Crippen molar-refractivity contribution in [1.29, 1.82) is 0 Å². The van der Waals surface area contributed by atoms with Crippen LogP contribution in [0.15, 0.2) is 77.6 Å². The smallest absolute Gasteiger partial charge is 0.256 e. The molecular formula is C21H13NO. The van der Waals surface area contributed by atoms with Gasteiger partial charge in [-0.2, -0.15) is 0 Å². The van der Waals surface area contributed by atoms with E-state index in [9.17, 15) is 4.79 Å². The van der Waals surface area contributed by atoms with E-state index in [1.165, 1.54) is 10.8 Å². The van der Waals surface area contributed by atoms with Crippen molar-refractivity contribution in [2.24, 2.45) is 0 Å². The Bertz CT molecular complexity index is 1280. The summed E-state index contributed by atoms with van der Waals surface area (Å²) >= 11 is 0. The molecule has 0 amide bonds. The predicted octanol–water partition coefficient (Wildman–Crippen LogP) is 4.99. The zero-order valence-corrected chi connectivity index (χ0v) is 12.3. The molecule has 108 valence electrons. The van der Waals surface area contributed by atoms with Gasteiger partial charge in [-0.3, -0.25) is 4.79 Å². The molecule has 0 bridgehead atoms. The number of aromatic nitrogens is 1. The quantitative estimate of drug-likeness (QED) is 0.401. The lowest BCUT2D eigenvalue weighted by Crippen LogP contribution is -2.06. The van der Waals surface area contributed by atoms with Crippen LogP contribution in [0.4, 0.5) is 0 Å². The molecule has 0 unspecified atom stereocenters. The molecular weight excluding hydrogens is 282 g/mol. The lowest BCUT2D eigenvalue weighted by molar-refractivity contribution is 1.35. The van der Waals surface area contributed by atoms with Crippen LogP contribution in [0.5, 0.6) is 0 Å². The Morgan fingerprint density at radius 3 is 1.91 bits per heavy atom. The molecule has 2 heteroatoms. The van der Waals surface area contributed by atoms with E-state index in [1.807, 2.05) is 42.5 Å². The minimum Gasteiger partial charge on any atom is -0.321 e. The molecule has 0 spiro atoms. The lowest BCUT2D eigenvalue weighted by Gasteiger charge is -2.10. The van der Waals surface area contributed by atoms with Gasteiger partial charge in [0.2, 0.25) is 0 Å². The van der Waals surface area contributed by atoms with Crippen molar-refractivity contribution in [1.82, 2.24) is 4.98 Å². The zero-order valence-electron chi connectivity index (χ0n) is 12.3. The fraction of sp³-hybridized carbons (Fsp3) is 0. The molecule has 5 rings (SSSR count). The van der Waals surface area contributed by atoms with Crippen LogP contribution in [0.25, 0.3) is 43.2 Å². The number of pyridine rings is 1. The summed E-state index contributed by atoms with van der Waals surface area (Å²) in [5.74, 6) is 0. The van der Waals surface area contributed by atoms with Gasteiger partial charge in [0.05, 0.1) is 0 Å². The van der Waals surface area contributed by atoms with Gasteiger partial charge < -0.3 is 4.98 Å². The molecule has 0 radical (unpaired) electrons. The average molecular weight is 295 g/mol. The fourth-order valence-electron chi connectivity index (χ4n) is 3.56. The van der Waals surface area contributed by atoms with Gasteiger partial charge in [0.15, 0.2) is 0 Å². The molecule has 0 saturated heterocycles. The van der Waals surface area contributed by atoms with E-state index in [0.29, 0.717) is 0 Å². The van der Waals surface area contributed by atoms with Gasteiger partial charge in [0.25, 0.3) is 5.56 Å². The first-order valence-corrected chi connectivity index (χ1v) is 7.68. The van der Waals surface area contributed by atoms with Crippen molar-refractivity contribution in [2.45, 2.75) is 0 Å². The van der Waals surface area contributed by atoms with Crippen LogP contribution in [-0.2, 0) is 0 Å². The molecule has 0 aliphatic rings. The maximum Gasteiger partial charge on any atom is 0.256 e. The minimum atomic E-state index is -0.0338. The molecule has 1 N–H and O–H groups in total. The van der Waals surface area contributed by atoms with Gasteiger partial charge in [0.1, 0.15) is 0 Å². The minimum absolute atomic E-state index is 0.0338. The van der Waals surface area contributed by atoms with Crippen LogP contribution >= 0.6 is 0 Å². The summed E-state index contributed by atoms with van der Waals surface area (Å²) in [6.45, 7) is 0. The highest BCUT2D eigenvalue weighted by atomic mass is 16.1. The van der Waals surface area contributed by atoms with Crippen LogP contribution in [0.3, 0.4) is 0 Å². The molecule has 0 aliphatic heterocycles. The van der Waals surface area contributed by atoms with E-state index in [0.717, 1.165) is 32.4 Å². The third-order valence-electron chi connectivity index (χ3n) is 4.60. The number of rotatable bonds is 0. The van der Waals surface area contributed by atoms with Crippen molar-refractivity contribution in [3.63, 3.8) is 0 Å². The number of nitrogens with one attached hydrogen (secondary N) is 1. The maximum atomic E-state index is 12.5. The van der Waals surface area contributed by atoms with E-state index in [1.54, 1.807) is 0 Å². The summed E-state index contributed by atoms with van der Waals surface area (Å²) in [4.78, 5) is 15.6. The molecule has 4 aromatic carbocycles. The highest BCUT2D eigenvalue weighted by Crippen LogP contribution is 2.33. The zero-order chi connectivity index (χ0) is 15.4. The Hall–Kier alpha value is -3.13. The normalized spacial score (nSPS) is 11.7. The number of hydrogen-bond donors (Lipinski definition) is 1. The van der Waals surface area contributed by atoms with Crippen LogP contribution in [-0.4, -0.2) is 4.98 Å². The number of aromatic amines is 1. The molecule has 2 nitrogen and oxygen atoms in total. The van der Waals surface area contributed by atoms with E-state index in [-0.39, 0.29) is 5.56 Å². The second-order valence-electron chi connectivity index (χ2n) is 5.87. The van der Waals surface area contributed by atoms with E-state index in [2.05, 4.69) is 35.3 Å². The van der Waals surface area contributed by atoms with Gasteiger partial charge in [-0.15, -0.1) is 0 Å². The lowest BCUT2D eigenvalue weighted by atomic mass is 9.96. The van der Waals surface area contributed by atoms with Crippen molar-refractivity contribution in [3.05, 3.63) is 83.2 Å². The maximum absolute atomic E-state index is 12.5. The number of hydrogen-bond acceptors (Lipinski definition) is 1. The highest BCUT2D eigenvalue weighted by molar-refractivity contribution is 6.26. The Labute approximate surface area is 132 Å². The van der Waals surface area contributed by atoms with Crippen LogP contribution in [0, 0.1) is 0 Å². The van der Waals surface area contributed by atoms with E-state index in [4.69, 9.17) is 0 Å². The first kappa shape index (κ1) is 12.4. The summed E-state index contributed by atoms with van der Waals surface area (Å²) in [5.41, 5.74) is 0.853. The van der Waals surface area contributed by atoms with Crippen LogP contribution in [0.1, 0.15) is 0 Å². The molecule has 1 heterocycles. The van der Waals surface area contributed by atoms with Crippen LogP contribution in [0.2, 0.25) is 0 Å². The van der Waals surface area contributed by atoms with Gasteiger partial charge in [0, 0.05) is 21.7 Å². The van der Waals surface area contributed by atoms with Crippen molar-refractivity contribution >= 4 is 43.2 Å². The highest BCUT2D eigenvalue weighted by Gasteiger charge is 2.11. The van der Waals surface area contributed by atoms with Crippen LogP contribution < -0.4 is 5.56 Å². The van der Waals surface area contributed by atoms with Crippen molar-refractivity contribution in [3.8, 4) is 0 Å².